The Kier molecular flexibility index (Phi) is 5.87. The highest BCUT2D eigenvalue weighted by atomic mass is 16.5. The van der Waals surface area contributed by atoms with E-state index >= 15 is 0 Å². The molecular formula is C16H25N3O2. The molecule has 0 saturated carbocycles. The van der Waals surface area contributed by atoms with Crippen LogP contribution < -0.4 is 10.1 Å². The van der Waals surface area contributed by atoms with E-state index in [1.165, 1.54) is 0 Å². The first kappa shape index (κ1) is 15.6. The van der Waals surface area contributed by atoms with Gasteiger partial charge >= 0.3 is 0 Å². The van der Waals surface area contributed by atoms with Crippen molar-refractivity contribution in [2.24, 2.45) is 0 Å². The highest BCUT2D eigenvalue weighted by Crippen LogP contribution is 2.15. The lowest BCUT2D eigenvalue weighted by Gasteiger charge is -2.34. The van der Waals surface area contributed by atoms with Crippen molar-refractivity contribution >= 4 is 11.6 Å². The Morgan fingerprint density at radius 1 is 1.14 bits per heavy atom. The van der Waals surface area contributed by atoms with Crippen molar-refractivity contribution in [2.45, 2.75) is 13.8 Å². The quantitative estimate of drug-likeness (QED) is 0.866. The Hall–Kier alpha value is -1.75. The molecule has 116 valence electrons. The summed E-state index contributed by atoms with van der Waals surface area (Å²) in [5.74, 6) is 1.02. The van der Waals surface area contributed by atoms with Gasteiger partial charge in [0.25, 0.3) is 0 Å². The van der Waals surface area contributed by atoms with Crippen molar-refractivity contribution in [2.75, 3.05) is 51.2 Å². The average Bonchev–Trinajstić information content (AvgIpc) is 2.54. The fourth-order valence-electron chi connectivity index (χ4n) is 2.44. The Labute approximate surface area is 126 Å². The molecule has 21 heavy (non-hydrogen) atoms. The number of piperazine rings is 1. The number of carbonyl (C=O) groups is 1. The first-order chi connectivity index (χ1) is 10.2. The van der Waals surface area contributed by atoms with Crippen molar-refractivity contribution in [3.8, 4) is 5.75 Å². The number of hydrogen-bond donors (Lipinski definition) is 1. The molecule has 1 aliphatic heterocycles. The van der Waals surface area contributed by atoms with E-state index in [2.05, 4.69) is 17.1 Å². The van der Waals surface area contributed by atoms with Crippen LogP contribution in [0.15, 0.2) is 24.3 Å². The van der Waals surface area contributed by atoms with Crippen LogP contribution in [-0.4, -0.2) is 61.6 Å². The molecule has 0 radical (unpaired) electrons. The van der Waals surface area contributed by atoms with Crippen LogP contribution in [0.25, 0.3) is 0 Å². The maximum Gasteiger partial charge on any atom is 0.241 e. The van der Waals surface area contributed by atoms with Crippen LogP contribution in [0.2, 0.25) is 0 Å². The first-order valence-electron chi connectivity index (χ1n) is 7.69. The minimum atomic E-state index is 0.166. The molecule has 0 spiro atoms. The summed E-state index contributed by atoms with van der Waals surface area (Å²) in [6.45, 7) is 9.81. The molecule has 1 aromatic carbocycles. The molecule has 5 nitrogen and oxygen atoms in total. The highest BCUT2D eigenvalue weighted by molar-refractivity contribution is 5.81. The van der Waals surface area contributed by atoms with Crippen LogP contribution in [-0.2, 0) is 4.79 Å². The molecule has 0 aromatic heterocycles. The van der Waals surface area contributed by atoms with Gasteiger partial charge in [-0.2, -0.15) is 0 Å². The molecule has 0 unspecified atom stereocenters. The van der Waals surface area contributed by atoms with Crippen LogP contribution in [0, 0.1) is 0 Å². The Balaban J connectivity index is 1.76. The molecule has 1 heterocycles. The van der Waals surface area contributed by atoms with Gasteiger partial charge in [0, 0.05) is 31.9 Å². The van der Waals surface area contributed by atoms with E-state index in [1.807, 2.05) is 36.1 Å². The predicted molar refractivity (Wildman–Crippen MR) is 84.8 cm³/mol. The van der Waals surface area contributed by atoms with Crippen molar-refractivity contribution in [1.29, 1.82) is 0 Å². The van der Waals surface area contributed by atoms with E-state index in [0.717, 1.165) is 44.2 Å². The van der Waals surface area contributed by atoms with E-state index in [9.17, 15) is 4.79 Å². The minimum Gasteiger partial charge on any atom is -0.494 e. The summed E-state index contributed by atoms with van der Waals surface area (Å²) >= 11 is 0. The van der Waals surface area contributed by atoms with E-state index in [4.69, 9.17) is 4.74 Å². The van der Waals surface area contributed by atoms with Gasteiger partial charge in [-0.1, -0.05) is 6.92 Å². The van der Waals surface area contributed by atoms with Crippen LogP contribution in [0.4, 0.5) is 5.69 Å². The number of nitrogens with one attached hydrogen (secondary N) is 1. The first-order valence-corrected chi connectivity index (χ1v) is 7.69. The van der Waals surface area contributed by atoms with Crippen molar-refractivity contribution in [1.82, 2.24) is 9.80 Å². The maximum absolute atomic E-state index is 12.2. The SMILES string of the molecule is CCOc1ccc(NCC(=O)N2CCN(CC)CC2)cc1. The van der Waals surface area contributed by atoms with Gasteiger partial charge in [0.1, 0.15) is 5.75 Å². The predicted octanol–water partition coefficient (Wildman–Crippen LogP) is 1.66. The Morgan fingerprint density at radius 2 is 1.81 bits per heavy atom. The van der Waals surface area contributed by atoms with Crippen LogP contribution >= 0.6 is 0 Å². The van der Waals surface area contributed by atoms with Gasteiger partial charge in [-0.25, -0.2) is 0 Å². The number of anilines is 1. The van der Waals surface area contributed by atoms with Gasteiger partial charge in [-0.3, -0.25) is 4.79 Å². The molecule has 1 aromatic rings. The Morgan fingerprint density at radius 3 is 2.38 bits per heavy atom. The zero-order valence-electron chi connectivity index (χ0n) is 13.0. The van der Waals surface area contributed by atoms with Crippen LogP contribution in [0.5, 0.6) is 5.75 Å². The number of amides is 1. The number of likely N-dealkylation sites (N-methyl/N-ethyl adjacent to an activating group) is 1. The second kappa shape index (κ2) is 7.88. The fraction of sp³-hybridized carbons (Fsp3) is 0.562. The van der Waals surface area contributed by atoms with Crippen molar-refractivity contribution in [3.05, 3.63) is 24.3 Å². The maximum atomic E-state index is 12.2. The molecule has 1 fully saturated rings. The summed E-state index contributed by atoms with van der Waals surface area (Å²) in [7, 11) is 0. The number of carbonyl (C=O) groups excluding carboxylic acids is 1. The molecular weight excluding hydrogens is 266 g/mol. The lowest BCUT2D eigenvalue weighted by Crippen LogP contribution is -2.49. The molecule has 0 atom stereocenters. The molecule has 2 rings (SSSR count). The van der Waals surface area contributed by atoms with E-state index in [-0.39, 0.29) is 5.91 Å². The van der Waals surface area contributed by atoms with Gasteiger partial charge in [-0.05, 0) is 37.7 Å². The lowest BCUT2D eigenvalue weighted by molar-refractivity contribution is -0.131. The average molecular weight is 291 g/mol. The Bertz CT molecular complexity index is 439. The highest BCUT2D eigenvalue weighted by Gasteiger charge is 2.19. The number of hydrogen-bond acceptors (Lipinski definition) is 4. The number of ether oxygens (including phenoxy) is 1. The molecule has 0 aliphatic carbocycles. The number of rotatable bonds is 6. The molecule has 1 amide bonds. The monoisotopic (exact) mass is 291 g/mol. The van der Waals surface area contributed by atoms with Gasteiger partial charge < -0.3 is 19.9 Å². The summed E-state index contributed by atoms with van der Waals surface area (Å²) < 4.78 is 5.39. The van der Waals surface area contributed by atoms with E-state index in [1.54, 1.807) is 0 Å². The largest absolute Gasteiger partial charge is 0.494 e. The van der Waals surface area contributed by atoms with Gasteiger partial charge in [0.15, 0.2) is 0 Å². The molecule has 1 N–H and O–H groups in total. The second-order valence-electron chi connectivity index (χ2n) is 5.13. The molecule has 1 saturated heterocycles. The zero-order valence-corrected chi connectivity index (χ0v) is 13.0. The summed E-state index contributed by atoms with van der Waals surface area (Å²) in [4.78, 5) is 16.5. The molecule has 0 bridgehead atoms. The normalized spacial score (nSPS) is 15.8. The van der Waals surface area contributed by atoms with Crippen LogP contribution in [0.1, 0.15) is 13.8 Å². The van der Waals surface area contributed by atoms with Crippen molar-refractivity contribution < 1.29 is 9.53 Å². The molecule has 5 heteroatoms. The number of nitrogens with zero attached hydrogens (tertiary/aromatic N) is 2. The van der Waals surface area contributed by atoms with Gasteiger partial charge in [0.05, 0.1) is 13.2 Å². The van der Waals surface area contributed by atoms with Crippen LogP contribution in [0.3, 0.4) is 0 Å². The van der Waals surface area contributed by atoms with E-state index in [0.29, 0.717) is 13.2 Å². The van der Waals surface area contributed by atoms with Gasteiger partial charge in [0.2, 0.25) is 5.91 Å². The zero-order chi connectivity index (χ0) is 15.1. The standard InChI is InChI=1S/C16H25N3O2/c1-3-18-9-11-19(12-10-18)16(20)13-17-14-5-7-15(8-6-14)21-4-2/h5-8,17H,3-4,9-13H2,1-2H3. The summed E-state index contributed by atoms with van der Waals surface area (Å²) in [5.41, 5.74) is 0.944. The van der Waals surface area contributed by atoms with Gasteiger partial charge in [-0.15, -0.1) is 0 Å². The summed E-state index contributed by atoms with van der Waals surface area (Å²) in [6.07, 6.45) is 0. The topological polar surface area (TPSA) is 44.8 Å². The second-order valence-corrected chi connectivity index (χ2v) is 5.13. The smallest absolute Gasteiger partial charge is 0.241 e. The fourth-order valence-corrected chi connectivity index (χ4v) is 2.44. The third kappa shape index (κ3) is 4.63. The third-order valence-electron chi connectivity index (χ3n) is 3.78. The lowest BCUT2D eigenvalue weighted by atomic mass is 10.3. The summed E-state index contributed by atoms with van der Waals surface area (Å²) in [5, 5.41) is 3.18. The minimum absolute atomic E-state index is 0.166. The number of benzene rings is 1. The summed E-state index contributed by atoms with van der Waals surface area (Å²) in [6, 6.07) is 7.70. The van der Waals surface area contributed by atoms with E-state index < -0.39 is 0 Å². The van der Waals surface area contributed by atoms with Crippen molar-refractivity contribution in [3.63, 3.8) is 0 Å². The molecule has 1 aliphatic rings. The third-order valence-corrected chi connectivity index (χ3v) is 3.78.